The smallest absolute Gasteiger partial charge is 0.306 e. The summed E-state index contributed by atoms with van der Waals surface area (Å²) in [6, 6.07) is 18.7. The van der Waals surface area contributed by atoms with Crippen molar-refractivity contribution in [1.82, 2.24) is 20.6 Å². The van der Waals surface area contributed by atoms with Crippen molar-refractivity contribution in [2.45, 2.75) is 109 Å². The van der Waals surface area contributed by atoms with Crippen LogP contribution in [0.1, 0.15) is 106 Å². The summed E-state index contributed by atoms with van der Waals surface area (Å²) in [5, 5.41) is 15.8. The van der Waals surface area contributed by atoms with Gasteiger partial charge in [0.15, 0.2) is 11.6 Å². The quantitative estimate of drug-likeness (QED) is 0.0865. The predicted octanol–water partition coefficient (Wildman–Crippen LogP) is 8.66. The normalized spacial score (nSPS) is 16.5. The molecule has 53 heavy (non-hydrogen) atoms. The number of amides is 1. The summed E-state index contributed by atoms with van der Waals surface area (Å²) >= 11 is 1.44. The summed E-state index contributed by atoms with van der Waals surface area (Å²) in [5.41, 5.74) is 3.56. The maximum absolute atomic E-state index is 13.7. The number of carbonyl (C=O) groups is 3. The second kappa shape index (κ2) is 19.1. The third-order valence-electron chi connectivity index (χ3n) is 9.86. The molecule has 282 valence electrons. The van der Waals surface area contributed by atoms with Gasteiger partial charge in [0, 0.05) is 34.4 Å². The summed E-state index contributed by atoms with van der Waals surface area (Å²) in [6.07, 6.45) is 12.8. The maximum atomic E-state index is 13.7. The number of hydrogen-bond donors (Lipinski definition) is 3. The Labute approximate surface area is 318 Å². The molecule has 2 aromatic heterocycles. The van der Waals surface area contributed by atoms with Gasteiger partial charge in [-0.2, -0.15) is 0 Å². The lowest BCUT2D eigenvalue weighted by Crippen LogP contribution is -2.48. The molecule has 0 spiro atoms. The van der Waals surface area contributed by atoms with Crippen LogP contribution in [-0.4, -0.2) is 58.0 Å². The van der Waals surface area contributed by atoms with E-state index in [-0.39, 0.29) is 29.7 Å². The minimum Gasteiger partial charge on any atom is -0.494 e. The summed E-state index contributed by atoms with van der Waals surface area (Å²) in [4.78, 5) is 49.6. The molecular weight excluding hydrogens is 685 g/mol. The van der Waals surface area contributed by atoms with E-state index in [4.69, 9.17) is 4.74 Å². The number of rotatable bonds is 18. The highest BCUT2D eigenvalue weighted by Gasteiger charge is 2.29. The third-order valence-corrected chi connectivity index (χ3v) is 11.4. The molecule has 1 saturated carbocycles. The maximum Gasteiger partial charge on any atom is 0.306 e. The van der Waals surface area contributed by atoms with Gasteiger partial charge in [0.2, 0.25) is 0 Å². The van der Waals surface area contributed by atoms with E-state index >= 15 is 0 Å². The molecule has 1 aliphatic carbocycles. The Balaban J connectivity index is 1.21. The number of hydrogen-bond acceptors (Lipinski definition) is 8. The zero-order chi connectivity index (χ0) is 37.8. The fraction of sp³-hybridized carbons (Fsp3) is 0.465. The van der Waals surface area contributed by atoms with Crippen LogP contribution >= 0.6 is 11.3 Å². The topological polar surface area (TPSA) is 131 Å². The van der Waals surface area contributed by atoms with Crippen molar-refractivity contribution in [2.24, 2.45) is 5.92 Å². The van der Waals surface area contributed by atoms with Crippen molar-refractivity contribution in [3.8, 4) is 28.3 Å². The molecule has 3 N–H and O–H groups in total. The van der Waals surface area contributed by atoms with Gasteiger partial charge in [0.1, 0.15) is 5.75 Å². The highest BCUT2D eigenvalue weighted by Crippen LogP contribution is 2.30. The Bertz CT molecular complexity index is 1780. The van der Waals surface area contributed by atoms with Gasteiger partial charge in [0.25, 0.3) is 5.91 Å². The molecule has 2 unspecified atom stereocenters. The number of ether oxygens (including phenoxy) is 1. The second-order valence-corrected chi connectivity index (χ2v) is 16.3. The zero-order valence-electron chi connectivity index (χ0n) is 31.5. The average Bonchev–Trinajstić information content (AvgIpc) is 3.68. The first-order valence-electron chi connectivity index (χ1n) is 19.0. The number of unbranched alkanes of at least 4 members (excludes halogenated alkanes) is 4. The fourth-order valence-electron chi connectivity index (χ4n) is 6.60. The summed E-state index contributed by atoms with van der Waals surface area (Å²) in [7, 11) is 0. The first kappa shape index (κ1) is 39.8. The number of Topliss-reactive ketones (excluding diaryl/α,β-unsaturated/α-hetero) is 1. The monoisotopic (exact) mass is 738 g/mol. The number of carbonyl (C=O) groups excluding carboxylic acids is 2. The second-order valence-electron chi connectivity index (χ2n) is 15.2. The standard InChI is InChI=1S/C43H54N4O5S/c1-5-6-7-8-9-23-52-35-19-17-30(18-20-35)33-26-45-40(46-27-33)31-15-13-29(14-16-31)24-36(47-41(49)38-21-22-39(53-38)43(2,3)4)37(48)28-44-34-12-10-11-32(25-34)42(50)51/h13-22,26-27,32,34,36,44H,5-12,23-25,28H2,1-4H3,(H,47,49)(H,50,51)/t32?,34?,36-/m0/s1. The molecule has 1 aliphatic rings. The number of aliphatic carboxylic acids is 1. The minimum atomic E-state index is -0.789. The Kier molecular flexibility index (Phi) is 14.3. The van der Waals surface area contributed by atoms with Crippen LogP contribution < -0.4 is 15.4 Å². The molecule has 3 atom stereocenters. The van der Waals surface area contributed by atoms with E-state index in [2.05, 4.69) is 48.3 Å². The molecule has 1 amide bonds. The van der Waals surface area contributed by atoms with Crippen LogP contribution in [0.5, 0.6) is 5.75 Å². The first-order chi connectivity index (χ1) is 25.5. The van der Waals surface area contributed by atoms with Gasteiger partial charge in [-0.05, 0) is 72.9 Å². The van der Waals surface area contributed by atoms with Crippen LogP contribution in [0.2, 0.25) is 0 Å². The van der Waals surface area contributed by atoms with Crippen LogP contribution in [0.15, 0.2) is 73.1 Å². The summed E-state index contributed by atoms with van der Waals surface area (Å²) in [5.74, 6) is -0.162. The van der Waals surface area contributed by atoms with Crippen LogP contribution in [0.25, 0.3) is 22.5 Å². The number of carboxylic acids is 1. The average molecular weight is 739 g/mol. The predicted molar refractivity (Wildman–Crippen MR) is 212 cm³/mol. The molecule has 5 rings (SSSR count). The van der Waals surface area contributed by atoms with Crippen molar-refractivity contribution in [1.29, 1.82) is 0 Å². The molecule has 1 fully saturated rings. The van der Waals surface area contributed by atoms with E-state index in [0.29, 0.717) is 30.0 Å². The number of nitrogens with zero attached hydrogens (tertiary/aromatic N) is 2. The number of nitrogens with one attached hydrogen (secondary N) is 2. The molecule has 9 nitrogen and oxygen atoms in total. The van der Waals surface area contributed by atoms with E-state index < -0.39 is 17.9 Å². The van der Waals surface area contributed by atoms with Gasteiger partial charge in [-0.1, -0.05) is 96.2 Å². The molecular formula is C43H54N4O5S. The van der Waals surface area contributed by atoms with Gasteiger partial charge in [-0.3, -0.25) is 14.4 Å². The van der Waals surface area contributed by atoms with Gasteiger partial charge in [-0.25, -0.2) is 9.97 Å². The van der Waals surface area contributed by atoms with Gasteiger partial charge >= 0.3 is 5.97 Å². The highest BCUT2D eigenvalue weighted by atomic mass is 32.1. The fourth-order valence-corrected chi connectivity index (χ4v) is 7.56. The first-order valence-corrected chi connectivity index (χ1v) is 19.9. The summed E-state index contributed by atoms with van der Waals surface area (Å²) in [6.45, 7) is 9.31. The van der Waals surface area contributed by atoms with E-state index in [1.165, 1.54) is 37.0 Å². The molecule has 0 bridgehead atoms. The van der Waals surface area contributed by atoms with Crippen molar-refractivity contribution >= 4 is 29.0 Å². The van der Waals surface area contributed by atoms with Gasteiger partial charge in [-0.15, -0.1) is 11.3 Å². The van der Waals surface area contributed by atoms with E-state index in [1.807, 2.05) is 73.1 Å². The zero-order valence-corrected chi connectivity index (χ0v) is 32.3. The van der Waals surface area contributed by atoms with Crippen LogP contribution in [0, 0.1) is 5.92 Å². The molecule has 2 aromatic carbocycles. The molecule has 0 radical (unpaired) electrons. The lowest BCUT2D eigenvalue weighted by atomic mass is 9.85. The Morgan fingerprint density at radius 2 is 1.58 bits per heavy atom. The van der Waals surface area contributed by atoms with E-state index in [9.17, 15) is 19.5 Å². The number of ketones is 1. The van der Waals surface area contributed by atoms with E-state index in [0.717, 1.165) is 58.7 Å². The number of carboxylic acid groups (broad SMARTS) is 1. The van der Waals surface area contributed by atoms with Gasteiger partial charge in [0.05, 0.1) is 30.0 Å². The van der Waals surface area contributed by atoms with Crippen LogP contribution in [-0.2, 0) is 21.4 Å². The Morgan fingerprint density at radius 3 is 2.25 bits per heavy atom. The minimum absolute atomic E-state index is 0.0484. The van der Waals surface area contributed by atoms with E-state index in [1.54, 1.807) is 0 Å². The lowest BCUT2D eigenvalue weighted by molar-refractivity contribution is -0.143. The molecule has 2 heterocycles. The van der Waals surface area contributed by atoms with Crippen molar-refractivity contribution in [3.63, 3.8) is 0 Å². The van der Waals surface area contributed by atoms with Crippen molar-refractivity contribution in [3.05, 3.63) is 88.4 Å². The van der Waals surface area contributed by atoms with Crippen molar-refractivity contribution in [2.75, 3.05) is 13.2 Å². The number of aromatic nitrogens is 2. The van der Waals surface area contributed by atoms with Crippen LogP contribution in [0.4, 0.5) is 0 Å². The third kappa shape index (κ3) is 11.8. The summed E-state index contributed by atoms with van der Waals surface area (Å²) < 4.78 is 5.91. The Hall–Kier alpha value is -4.41. The Morgan fingerprint density at radius 1 is 0.887 bits per heavy atom. The number of benzene rings is 2. The number of thiophene rings is 1. The van der Waals surface area contributed by atoms with Crippen molar-refractivity contribution < 1.29 is 24.2 Å². The molecule has 0 saturated heterocycles. The lowest BCUT2D eigenvalue weighted by Gasteiger charge is -2.28. The molecule has 10 heteroatoms. The highest BCUT2D eigenvalue weighted by molar-refractivity contribution is 7.14. The van der Waals surface area contributed by atoms with Gasteiger partial charge < -0.3 is 20.5 Å². The molecule has 4 aromatic rings. The van der Waals surface area contributed by atoms with Crippen LogP contribution in [0.3, 0.4) is 0 Å². The molecule has 0 aliphatic heterocycles. The largest absolute Gasteiger partial charge is 0.494 e. The SMILES string of the molecule is CCCCCCCOc1ccc(-c2cnc(-c3ccc(C[C@H](NC(=O)c4ccc(C(C)(C)C)s4)C(=O)CNC4CCCC(C(=O)O)C4)cc3)nc2)cc1.